The van der Waals surface area contributed by atoms with E-state index in [1.54, 1.807) is 0 Å². The zero-order valence-corrected chi connectivity index (χ0v) is 10.7. The maximum absolute atomic E-state index is 12.0. The number of carbonyl (C=O) groups excluding carboxylic acids is 1. The molecule has 0 atom stereocenters. The van der Waals surface area contributed by atoms with Crippen LogP contribution in [0, 0.1) is 5.92 Å². The lowest BCUT2D eigenvalue weighted by Gasteiger charge is -2.38. The molecule has 1 amide bonds. The van der Waals surface area contributed by atoms with Crippen LogP contribution in [0.4, 0.5) is 0 Å². The standard InChI is InChI=1S/C13H22N2O3/c16-11(8-10-2-1-3-10)15-13(9-12(17)18)4-6-14-7-5-13/h10,14H,1-9H2,(H,15,16)(H,17,18). The molecule has 0 aromatic carbocycles. The number of carboxylic acids is 1. The Balaban J connectivity index is 1.90. The van der Waals surface area contributed by atoms with E-state index >= 15 is 0 Å². The van der Waals surface area contributed by atoms with E-state index in [0.717, 1.165) is 25.9 Å². The fourth-order valence-corrected chi connectivity index (χ4v) is 2.85. The van der Waals surface area contributed by atoms with Crippen LogP contribution in [0.3, 0.4) is 0 Å². The number of nitrogens with one attached hydrogen (secondary N) is 2. The maximum Gasteiger partial charge on any atom is 0.305 e. The summed E-state index contributed by atoms with van der Waals surface area (Å²) in [7, 11) is 0. The molecule has 2 fully saturated rings. The van der Waals surface area contributed by atoms with Crippen molar-refractivity contribution in [3.05, 3.63) is 0 Å². The van der Waals surface area contributed by atoms with E-state index in [9.17, 15) is 9.59 Å². The van der Waals surface area contributed by atoms with Gasteiger partial charge in [0.1, 0.15) is 0 Å². The predicted molar refractivity (Wildman–Crippen MR) is 67.2 cm³/mol. The maximum atomic E-state index is 12.0. The lowest BCUT2D eigenvalue weighted by atomic mass is 9.81. The van der Waals surface area contributed by atoms with Gasteiger partial charge in [-0.1, -0.05) is 6.42 Å². The second kappa shape index (κ2) is 5.69. The first-order chi connectivity index (χ1) is 8.60. The second-order valence-electron chi connectivity index (χ2n) is 5.65. The van der Waals surface area contributed by atoms with Gasteiger partial charge in [0.15, 0.2) is 0 Å². The van der Waals surface area contributed by atoms with Gasteiger partial charge in [-0.25, -0.2) is 0 Å². The largest absolute Gasteiger partial charge is 0.481 e. The van der Waals surface area contributed by atoms with Gasteiger partial charge in [-0.05, 0) is 44.7 Å². The minimum absolute atomic E-state index is 0.0304. The predicted octanol–water partition coefficient (Wildman–Crippen LogP) is 0.890. The van der Waals surface area contributed by atoms with Crippen molar-refractivity contribution in [3.8, 4) is 0 Å². The molecule has 1 heterocycles. The average Bonchev–Trinajstić information content (AvgIpc) is 2.23. The molecule has 1 aliphatic heterocycles. The number of piperidine rings is 1. The van der Waals surface area contributed by atoms with E-state index in [-0.39, 0.29) is 12.3 Å². The van der Waals surface area contributed by atoms with Gasteiger partial charge in [0.25, 0.3) is 0 Å². The summed E-state index contributed by atoms with van der Waals surface area (Å²) in [6.07, 6.45) is 5.51. The fraction of sp³-hybridized carbons (Fsp3) is 0.846. The van der Waals surface area contributed by atoms with Gasteiger partial charge in [0, 0.05) is 6.42 Å². The quantitative estimate of drug-likeness (QED) is 0.681. The number of carbonyl (C=O) groups is 2. The fourth-order valence-electron chi connectivity index (χ4n) is 2.85. The highest BCUT2D eigenvalue weighted by molar-refractivity contribution is 5.78. The highest BCUT2D eigenvalue weighted by Gasteiger charge is 2.36. The van der Waals surface area contributed by atoms with E-state index in [4.69, 9.17) is 5.11 Å². The molecule has 5 heteroatoms. The van der Waals surface area contributed by atoms with Gasteiger partial charge in [0.05, 0.1) is 12.0 Å². The van der Waals surface area contributed by atoms with Gasteiger partial charge >= 0.3 is 5.97 Å². The van der Waals surface area contributed by atoms with E-state index < -0.39 is 11.5 Å². The minimum atomic E-state index is -0.833. The van der Waals surface area contributed by atoms with Crippen molar-refractivity contribution in [1.29, 1.82) is 0 Å². The molecule has 3 N–H and O–H groups in total. The first-order valence-electron chi connectivity index (χ1n) is 6.83. The molecule has 1 saturated carbocycles. The molecule has 1 aliphatic carbocycles. The van der Waals surface area contributed by atoms with Crippen molar-refractivity contribution >= 4 is 11.9 Å². The molecule has 2 rings (SSSR count). The molecule has 1 saturated heterocycles. The average molecular weight is 254 g/mol. The third kappa shape index (κ3) is 3.45. The van der Waals surface area contributed by atoms with Crippen molar-refractivity contribution < 1.29 is 14.7 Å². The molecule has 0 radical (unpaired) electrons. The number of hydrogen-bond acceptors (Lipinski definition) is 3. The van der Waals surface area contributed by atoms with E-state index in [2.05, 4.69) is 10.6 Å². The Bertz CT molecular complexity index is 320. The normalized spacial score (nSPS) is 23.1. The van der Waals surface area contributed by atoms with Crippen LogP contribution in [0.1, 0.15) is 44.9 Å². The number of carboxylic acid groups (broad SMARTS) is 1. The van der Waals surface area contributed by atoms with E-state index in [0.29, 0.717) is 25.2 Å². The molecular formula is C13H22N2O3. The molecule has 0 bridgehead atoms. The summed E-state index contributed by atoms with van der Waals surface area (Å²) in [5.41, 5.74) is -0.530. The first-order valence-corrected chi connectivity index (χ1v) is 6.83. The molecule has 0 unspecified atom stereocenters. The monoisotopic (exact) mass is 254 g/mol. The van der Waals surface area contributed by atoms with Crippen LogP contribution in [0.5, 0.6) is 0 Å². The second-order valence-corrected chi connectivity index (χ2v) is 5.65. The number of rotatable bonds is 5. The summed E-state index contributed by atoms with van der Waals surface area (Å²) in [5.74, 6) is -0.280. The van der Waals surface area contributed by atoms with E-state index in [1.165, 1.54) is 6.42 Å². The third-order valence-electron chi connectivity index (χ3n) is 4.15. The zero-order valence-electron chi connectivity index (χ0n) is 10.7. The molecule has 0 aromatic rings. The molecule has 2 aliphatic rings. The number of hydrogen-bond donors (Lipinski definition) is 3. The Morgan fingerprint density at radius 2 is 1.94 bits per heavy atom. The lowest BCUT2D eigenvalue weighted by molar-refractivity contribution is -0.139. The smallest absolute Gasteiger partial charge is 0.305 e. The van der Waals surface area contributed by atoms with Gasteiger partial charge in [0.2, 0.25) is 5.91 Å². The van der Waals surface area contributed by atoms with Crippen LogP contribution in [0.15, 0.2) is 0 Å². The van der Waals surface area contributed by atoms with Crippen LogP contribution in [-0.4, -0.2) is 35.6 Å². The molecular weight excluding hydrogens is 232 g/mol. The zero-order chi connectivity index (χ0) is 13.0. The molecule has 102 valence electrons. The van der Waals surface area contributed by atoms with E-state index in [1.807, 2.05) is 0 Å². The third-order valence-corrected chi connectivity index (χ3v) is 4.15. The molecule has 18 heavy (non-hydrogen) atoms. The Labute approximate surface area is 107 Å². The van der Waals surface area contributed by atoms with Crippen molar-refractivity contribution in [2.45, 2.75) is 50.5 Å². The van der Waals surface area contributed by atoms with Crippen LogP contribution >= 0.6 is 0 Å². The highest BCUT2D eigenvalue weighted by Crippen LogP contribution is 2.30. The topological polar surface area (TPSA) is 78.4 Å². The van der Waals surface area contributed by atoms with Crippen LogP contribution in [-0.2, 0) is 9.59 Å². The number of amides is 1. The minimum Gasteiger partial charge on any atom is -0.481 e. The van der Waals surface area contributed by atoms with Gasteiger partial charge in [-0.3, -0.25) is 9.59 Å². The molecule has 0 aromatic heterocycles. The van der Waals surface area contributed by atoms with Crippen LogP contribution in [0.2, 0.25) is 0 Å². The highest BCUT2D eigenvalue weighted by atomic mass is 16.4. The summed E-state index contributed by atoms with van der Waals surface area (Å²) in [6.45, 7) is 1.55. The van der Waals surface area contributed by atoms with Crippen LogP contribution < -0.4 is 10.6 Å². The van der Waals surface area contributed by atoms with Crippen LogP contribution in [0.25, 0.3) is 0 Å². The summed E-state index contributed by atoms with van der Waals surface area (Å²) < 4.78 is 0. The summed E-state index contributed by atoms with van der Waals surface area (Å²) >= 11 is 0. The van der Waals surface area contributed by atoms with Gasteiger partial charge < -0.3 is 15.7 Å². The Kier molecular flexibility index (Phi) is 4.22. The van der Waals surface area contributed by atoms with Crippen molar-refractivity contribution in [3.63, 3.8) is 0 Å². The lowest BCUT2D eigenvalue weighted by Crippen LogP contribution is -2.55. The molecule has 0 spiro atoms. The van der Waals surface area contributed by atoms with Crippen molar-refractivity contribution in [2.24, 2.45) is 5.92 Å². The number of aliphatic carboxylic acids is 1. The van der Waals surface area contributed by atoms with Crippen molar-refractivity contribution in [2.75, 3.05) is 13.1 Å². The summed E-state index contributed by atoms with van der Waals surface area (Å²) in [6, 6.07) is 0. The van der Waals surface area contributed by atoms with Gasteiger partial charge in [-0.15, -0.1) is 0 Å². The Hall–Kier alpha value is -1.10. The first kappa shape index (κ1) is 13.3. The summed E-state index contributed by atoms with van der Waals surface area (Å²) in [4.78, 5) is 22.9. The molecule has 5 nitrogen and oxygen atoms in total. The Morgan fingerprint density at radius 3 is 2.44 bits per heavy atom. The summed E-state index contributed by atoms with van der Waals surface area (Å²) in [5, 5.41) is 15.2. The van der Waals surface area contributed by atoms with Crippen molar-refractivity contribution in [1.82, 2.24) is 10.6 Å². The van der Waals surface area contributed by atoms with Gasteiger partial charge in [-0.2, -0.15) is 0 Å². The Morgan fingerprint density at radius 1 is 1.28 bits per heavy atom. The SMILES string of the molecule is O=C(O)CC1(NC(=O)CC2CCC2)CCNCC1.